The van der Waals surface area contributed by atoms with E-state index < -0.39 is 15.9 Å². The molecule has 0 aromatic carbocycles. The van der Waals surface area contributed by atoms with Crippen molar-refractivity contribution in [3.05, 3.63) is 18.3 Å². The summed E-state index contributed by atoms with van der Waals surface area (Å²) in [6.45, 7) is 9.15. The first-order valence-electron chi connectivity index (χ1n) is 11.2. The molecule has 2 aliphatic rings. The van der Waals surface area contributed by atoms with E-state index in [4.69, 9.17) is 0 Å². The highest BCUT2D eigenvalue weighted by molar-refractivity contribution is 7.89. The van der Waals surface area contributed by atoms with E-state index in [1.165, 1.54) is 6.20 Å². The zero-order chi connectivity index (χ0) is 22.9. The molecule has 9 heteroatoms. The summed E-state index contributed by atoms with van der Waals surface area (Å²) in [7, 11) is -1.47. The third-order valence-electron chi connectivity index (χ3n) is 6.44. The Hall–Kier alpha value is -1.32. The summed E-state index contributed by atoms with van der Waals surface area (Å²) < 4.78 is 54.4. The molecule has 2 fully saturated rings. The molecular weight excluding hydrogens is 422 g/mol. The van der Waals surface area contributed by atoms with E-state index in [2.05, 4.69) is 37.7 Å². The maximum atomic E-state index is 13.4. The minimum atomic E-state index is -3.60. The highest BCUT2D eigenvalue weighted by atomic mass is 32.2. The summed E-state index contributed by atoms with van der Waals surface area (Å²) in [6.07, 6.45) is 3.69. The molecule has 0 radical (unpaired) electrons. The molecule has 0 atom stereocenters. The molecule has 0 bridgehead atoms. The van der Waals surface area contributed by atoms with Crippen molar-refractivity contribution in [1.82, 2.24) is 14.2 Å². The van der Waals surface area contributed by atoms with Gasteiger partial charge in [0, 0.05) is 51.3 Å². The number of rotatable bonds is 6. The van der Waals surface area contributed by atoms with Gasteiger partial charge in [-0.25, -0.2) is 22.2 Å². The van der Waals surface area contributed by atoms with Crippen molar-refractivity contribution in [3.8, 4) is 0 Å². The second-order valence-corrected chi connectivity index (χ2v) is 12.1. The molecular formula is C22H36F2N4O2S. The van der Waals surface area contributed by atoms with Crippen LogP contribution in [-0.2, 0) is 10.0 Å². The van der Waals surface area contributed by atoms with Crippen LogP contribution in [0.1, 0.15) is 52.9 Å². The van der Waals surface area contributed by atoms with Crippen molar-refractivity contribution in [2.75, 3.05) is 44.7 Å². The standard InChI is InChI=1S/C22H36F2N4O2S/c1-21(2,3)9-14-26(4)18-7-12-28(13-8-18)31(29,30)19-5-6-20(25-17-19)27-15-10-22(23,24)11-16-27/h5-6,17-18H,7-16H2,1-4H3. The van der Waals surface area contributed by atoms with E-state index in [0.717, 1.165) is 25.8 Å². The van der Waals surface area contributed by atoms with Crippen LogP contribution in [0.4, 0.5) is 14.6 Å². The number of hydrogen-bond donors (Lipinski definition) is 0. The number of aromatic nitrogens is 1. The van der Waals surface area contributed by atoms with Crippen molar-refractivity contribution >= 4 is 15.8 Å². The van der Waals surface area contributed by atoms with Gasteiger partial charge < -0.3 is 9.80 Å². The maximum absolute atomic E-state index is 13.4. The number of sulfonamides is 1. The Bertz CT molecular complexity index is 822. The lowest BCUT2D eigenvalue weighted by Crippen LogP contribution is -2.46. The molecule has 3 rings (SSSR count). The Morgan fingerprint density at radius 3 is 2.26 bits per heavy atom. The summed E-state index contributed by atoms with van der Waals surface area (Å²) in [6, 6.07) is 3.57. The van der Waals surface area contributed by atoms with Gasteiger partial charge in [-0.1, -0.05) is 20.8 Å². The highest BCUT2D eigenvalue weighted by Crippen LogP contribution is 2.30. The van der Waals surface area contributed by atoms with Crippen molar-refractivity contribution in [2.45, 2.75) is 69.7 Å². The number of hydrogen-bond acceptors (Lipinski definition) is 5. The summed E-state index contributed by atoms with van der Waals surface area (Å²) in [4.78, 5) is 8.57. The van der Waals surface area contributed by atoms with E-state index in [0.29, 0.717) is 24.9 Å². The van der Waals surface area contributed by atoms with Gasteiger partial charge >= 0.3 is 0 Å². The minimum absolute atomic E-state index is 0.165. The molecule has 3 heterocycles. The summed E-state index contributed by atoms with van der Waals surface area (Å²) in [5.41, 5.74) is 0.284. The van der Waals surface area contributed by atoms with E-state index in [1.54, 1.807) is 21.3 Å². The Kier molecular flexibility index (Phi) is 7.28. The lowest BCUT2D eigenvalue weighted by molar-refractivity contribution is -0.0221. The molecule has 0 amide bonds. The van der Waals surface area contributed by atoms with E-state index in [-0.39, 0.29) is 36.2 Å². The van der Waals surface area contributed by atoms with Crippen LogP contribution in [0.5, 0.6) is 0 Å². The fourth-order valence-electron chi connectivity index (χ4n) is 4.14. The zero-order valence-electron chi connectivity index (χ0n) is 19.1. The smallest absolute Gasteiger partial charge is 0.251 e. The molecule has 2 aliphatic heterocycles. The normalized spacial score (nSPS) is 21.6. The first kappa shape index (κ1) is 24.3. The van der Waals surface area contributed by atoms with Gasteiger partial charge in [0.1, 0.15) is 10.7 Å². The average molecular weight is 459 g/mol. The summed E-state index contributed by atoms with van der Waals surface area (Å²) in [5.74, 6) is -2.07. The maximum Gasteiger partial charge on any atom is 0.251 e. The molecule has 6 nitrogen and oxygen atoms in total. The van der Waals surface area contributed by atoms with Crippen LogP contribution in [0.25, 0.3) is 0 Å². The quantitative estimate of drug-likeness (QED) is 0.648. The Morgan fingerprint density at radius 1 is 1.13 bits per heavy atom. The first-order chi connectivity index (χ1) is 14.4. The van der Waals surface area contributed by atoms with Crippen LogP contribution in [0.15, 0.2) is 23.2 Å². The number of piperidine rings is 2. The predicted molar refractivity (Wildman–Crippen MR) is 119 cm³/mol. The van der Waals surface area contributed by atoms with Crippen molar-refractivity contribution in [1.29, 1.82) is 0 Å². The van der Waals surface area contributed by atoms with Gasteiger partial charge in [0.2, 0.25) is 10.0 Å². The second kappa shape index (κ2) is 9.27. The van der Waals surface area contributed by atoms with Crippen molar-refractivity contribution in [2.24, 2.45) is 5.41 Å². The molecule has 1 aromatic rings. The number of anilines is 1. The SMILES string of the molecule is CN(CCC(C)(C)C)C1CCN(S(=O)(=O)c2ccc(N3CCC(F)(F)CC3)nc2)CC1. The summed E-state index contributed by atoms with van der Waals surface area (Å²) >= 11 is 0. The van der Waals surface area contributed by atoms with Crippen LogP contribution >= 0.6 is 0 Å². The lowest BCUT2D eigenvalue weighted by atomic mass is 9.91. The third-order valence-corrected chi connectivity index (χ3v) is 8.32. The van der Waals surface area contributed by atoms with Crippen molar-refractivity contribution < 1.29 is 17.2 Å². The van der Waals surface area contributed by atoms with E-state index in [9.17, 15) is 17.2 Å². The van der Waals surface area contributed by atoms with Crippen LogP contribution in [0, 0.1) is 5.41 Å². The van der Waals surface area contributed by atoms with Gasteiger partial charge in [0.25, 0.3) is 5.92 Å². The molecule has 31 heavy (non-hydrogen) atoms. The van der Waals surface area contributed by atoms with Crippen molar-refractivity contribution in [3.63, 3.8) is 0 Å². The predicted octanol–water partition coefficient (Wildman–Crippen LogP) is 3.84. The highest BCUT2D eigenvalue weighted by Gasteiger charge is 2.35. The number of pyridine rings is 1. The fourth-order valence-corrected chi connectivity index (χ4v) is 5.56. The van der Waals surface area contributed by atoms with Crippen LogP contribution in [-0.4, -0.2) is 74.3 Å². The fraction of sp³-hybridized carbons (Fsp3) is 0.773. The largest absolute Gasteiger partial charge is 0.356 e. The molecule has 0 unspecified atom stereocenters. The molecule has 176 valence electrons. The monoisotopic (exact) mass is 458 g/mol. The number of nitrogens with zero attached hydrogens (tertiary/aromatic N) is 4. The third kappa shape index (κ3) is 6.35. The van der Waals surface area contributed by atoms with E-state index >= 15 is 0 Å². The van der Waals surface area contributed by atoms with Gasteiger partial charge in [-0.05, 0) is 50.4 Å². The Labute approximate surface area is 185 Å². The second-order valence-electron chi connectivity index (χ2n) is 10.1. The molecule has 0 N–H and O–H groups in total. The van der Waals surface area contributed by atoms with Crippen LogP contribution in [0.3, 0.4) is 0 Å². The molecule has 0 saturated carbocycles. The topological polar surface area (TPSA) is 56.8 Å². The Morgan fingerprint density at radius 2 is 1.74 bits per heavy atom. The minimum Gasteiger partial charge on any atom is -0.356 e. The van der Waals surface area contributed by atoms with Gasteiger partial charge in [-0.3, -0.25) is 0 Å². The molecule has 1 aromatic heterocycles. The first-order valence-corrected chi connectivity index (χ1v) is 12.6. The van der Waals surface area contributed by atoms with Gasteiger partial charge in [-0.2, -0.15) is 4.31 Å². The van der Waals surface area contributed by atoms with Crippen LogP contribution < -0.4 is 4.90 Å². The zero-order valence-corrected chi connectivity index (χ0v) is 20.0. The molecule has 0 aliphatic carbocycles. The van der Waals surface area contributed by atoms with Gasteiger partial charge in [0.15, 0.2) is 0 Å². The lowest BCUT2D eigenvalue weighted by Gasteiger charge is -2.37. The Balaban J connectivity index is 1.56. The number of halogens is 2. The molecule has 2 saturated heterocycles. The van der Waals surface area contributed by atoms with Gasteiger partial charge in [0.05, 0.1) is 0 Å². The van der Waals surface area contributed by atoms with Crippen LogP contribution in [0.2, 0.25) is 0 Å². The summed E-state index contributed by atoms with van der Waals surface area (Å²) in [5, 5.41) is 0. The van der Waals surface area contributed by atoms with E-state index in [1.807, 2.05) is 0 Å². The average Bonchev–Trinajstić information content (AvgIpc) is 2.72. The molecule has 0 spiro atoms. The van der Waals surface area contributed by atoms with Gasteiger partial charge in [-0.15, -0.1) is 0 Å². The number of alkyl halides is 2.